The summed E-state index contributed by atoms with van der Waals surface area (Å²) in [4.78, 5) is 10.2. The van der Waals surface area contributed by atoms with Crippen molar-refractivity contribution in [3.63, 3.8) is 0 Å². The van der Waals surface area contributed by atoms with Gasteiger partial charge in [-0.05, 0) is 19.9 Å². The van der Waals surface area contributed by atoms with Crippen LogP contribution in [0, 0.1) is 0 Å². The molecule has 0 aromatic rings. The average molecular weight is 115 g/mol. The summed E-state index contributed by atoms with van der Waals surface area (Å²) >= 11 is 0. The lowest BCUT2D eigenvalue weighted by Crippen LogP contribution is -2.59. The molecule has 3 nitrogen and oxygen atoms in total. The zero-order valence-corrected chi connectivity index (χ0v) is 4.77. The van der Waals surface area contributed by atoms with Gasteiger partial charge in [0.05, 0.1) is 0 Å². The summed E-state index contributed by atoms with van der Waals surface area (Å²) in [7, 11) is 0. The second-order valence-electron chi connectivity index (χ2n) is 2.31. The molecule has 1 fully saturated rings. The first kappa shape index (κ1) is 5.56. The number of hydrogen-bond donors (Lipinski definition) is 2. The summed E-state index contributed by atoms with van der Waals surface area (Å²) in [5, 5.41) is 11.3. The molecule has 0 aromatic carbocycles. The molecular weight excluding hydrogens is 106 g/mol. The van der Waals surface area contributed by atoms with E-state index in [4.69, 9.17) is 5.11 Å². The van der Waals surface area contributed by atoms with Gasteiger partial charge in [-0.25, -0.2) is 0 Å². The Bertz CT molecular complexity index is 118. The van der Waals surface area contributed by atoms with E-state index >= 15 is 0 Å². The SMILES string of the molecule is C[C@@]1(C(=O)O)CCN1. The van der Waals surface area contributed by atoms with Crippen molar-refractivity contribution in [3.8, 4) is 0 Å². The Morgan fingerprint density at radius 2 is 2.38 bits per heavy atom. The highest BCUT2D eigenvalue weighted by Gasteiger charge is 2.38. The molecule has 0 saturated carbocycles. The van der Waals surface area contributed by atoms with Gasteiger partial charge in [0.15, 0.2) is 0 Å². The molecule has 8 heavy (non-hydrogen) atoms. The minimum Gasteiger partial charge on any atom is -0.480 e. The van der Waals surface area contributed by atoms with Crippen LogP contribution in [0.1, 0.15) is 13.3 Å². The lowest BCUT2D eigenvalue weighted by Gasteiger charge is -2.35. The van der Waals surface area contributed by atoms with E-state index < -0.39 is 11.5 Å². The largest absolute Gasteiger partial charge is 0.480 e. The molecular formula is C5H9NO2. The molecule has 1 rings (SSSR count). The standard InChI is InChI=1S/C5H9NO2/c1-5(4(7)8)2-3-6-5/h6H,2-3H2,1H3,(H,7,8)/t5-/m0/s1. The van der Waals surface area contributed by atoms with Gasteiger partial charge < -0.3 is 10.4 Å². The smallest absolute Gasteiger partial charge is 0.323 e. The molecule has 1 heterocycles. The number of carbonyl (C=O) groups is 1. The highest BCUT2D eigenvalue weighted by molar-refractivity contribution is 5.79. The average Bonchev–Trinajstić information content (AvgIpc) is 1.60. The number of nitrogens with one attached hydrogen (secondary N) is 1. The lowest BCUT2D eigenvalue weighted by atomic mass is 9.91. The maximum atomic E-state index is 10.2. The maximum Gasteiger partial charge on any atom is 0.323 e. The second-order valence-corrected chi connectivity index (χ2v) is 2.31. The van der Waals surface area contributed by atoms with E-state index in [1.165, 1.54) is 0 Å². The molecule has 0 aliphatic carbocycles. The first-order chi connectivity index (χ1) is 3.65. The molecule has 2 N–H and O–H groups in total. The quantitative estimate of drug-likeness (QED) is 0.498. The molecule has 1 aliphatic rings. The molecule has 0 amide bonds. The first-order valence-electron chi connectivity index (χ1n) is 2.63. The number of carboxylic acid groups (broad SMARTS) is 1. The van der Waals surface area contributed by atoms with Gasteiger partial charge in [0.1, 0.15) is 5.54 Å². The third-order valence-corrected chi connectivity index (χ3v) is 1.61. The normalized spacial score (nSPS) is 36.1. The molecule has 0 bridgehead atoms. The van der Waals surface area contributed by atoms with Gasteiger partial charge in [-0.15, -0.1) is 0 Å². The van der Waals surface area contributed by atoms with Crippen LogP contribution < -0.4 is 5.32 Å². The van der Waals surface area contributed by atoms with Crippen LogP contribution in [0.25, 0.3) is 0 Å². The summed E-state index contributed by atoms with van der Waals surface area (Å²) in [5.41, 5.74) is -0.611. The van der Waals surface area contributed by atoms with E-state index in [9.17, 15) is 4.79 Å². The van der Waals surface area contributed by atoms with Crippen LogP contribution >= 0.6 is 0 Å². The Kier molecular flexibility index (Phi) is 1.01. The second kappa shape index (κ2) is 1.45. The van der Waals surface area contributed by atoms with Gasteiger partial charge in [0.2, 0.25) is 0 Å². The number of hydrogen-bond acceptors (Lipinski definition) is 2. The van der Waals surface area contributed by atoms with Crippen molar-refractivity contribution in [3.05, 3.63) is 0 Å². The highest BCUT2D eigenvalue weighted by Crippen LogP contribution is 2.16. The molecule has 1 aliphatic heterocycles. The number of aliphatic carboxylic acids is 1. The van der Waals surface area contributed by atoms with Gasteiger partial charge in [-0.1, -0.05) is 0 Å². The molecule has 0 unspecified atom stereocenters. The fourth-order valence-electron chi connectivity index (χ4n) is 0.683. The lowest BCUT2D eigenvalue weighted by molar-refractivity contribution is -0.147. The fourth-order valence-corrected chi connectivity index (χ4v) is 0.683. The fraction of sp³-hybridized carbons (Fsp3) is 0.800. The Labute approximate surface area is 47.7 Å². The van der Waals surface area contributed by atoms with Crippen LogP contribution in [0.3, 0.4) is 0 Å². The summed E-state index contributed by atoms with van der Waals surface area (Å²) in [5.74, 6) is -0.747. The molecule has 1 saturated heterocycles. The molecule has 0 aromatic heterocycles. The van der Waals surface area contributed by atoms with Gasteiger partial charge >= 0.3 is 5.97 Å². The topological polar surface area (TPSA) is 49.3 Å². The Balaban J connectivity index is 2.53. The predicted molar refractivity (Wildman–Crippen MR) is 28.7 cm³/mol. The van der Waals surface area contributed by atoms with E-state index in [1.54, 1.807) is 6.92 Å². The predicted octanol–water partition coefficient (Wildman–Crippen LogP) is -0.177. The van der Waals surface area contributed by atoms with Gasteiger partial charge in [0.25, 0.3) is 0 Å². The molecule has 3 heteroatoms. The zero-order chi connectivity index (χ0) is 6.20. The Morgan fingerprint density at radius 1 is 1.88 bits per heavy atom. The van der Waals surface area contributed by atoms with Crippen molar-refractivity contribution in [2.24, 2.45) is 0 Å². The zero-order valence-electron chi connectivity index (χ0n) is 4.77. The number of rotatable bonds is 1. The van der Waals surface area contributed by atoms with Crippen molar-refractivity contribution in [2.75, 3.05) is 6.54 Å². The minimum absolute atomic E-state index is 0.611. The summed E-state index contributed by atoms with van der Waals surface area (Å²) in [6, 6.07) is 0. The van der Waals surface area contributed by atoms with Crippen LogP contribution in [0.2, 0.25) is 0 Å². The Morgan fingerprint density at radius 3 is 2.38 bits per heavy atom. The van der Waals surface area contributed by atoms with Crippen molar-refractivity contribution in [1.82, 2.24) is 5.32 Å². The summed E-state index contributed by atoms with van der Waals surface area (Å²) in [6.45, 7) is 2.53. The van der Waals surface area contributed by atoms with Gasteiger partial charge in [-0.2, -0.15) is 0 Å². The third kappa shape index (κ3) is 0.591. The molecule has 46 valence electrons. The highest BCUT2D eigenvalue weighted by atomic mass is 16.4. The first-order valence-corrected chi connectivity index (χ1v) is 2.63. The van der Waals surface area contributed by atoms with E-state index in [0.29, 0.717) is 0 Å². The minimum atomic E-state index is -0.747. The maximum absolute atomic E-state index is 10.2. The van der Waals surface area contributed by atoms with E-state index in [1.807, 2.05) is 0 Å². The van der Waals surface area contributed by atoms with E-state index in [0.717, 1.165) is 13.0 Å². The molecule has 0 spiro atoms. The van der Waals surface area contributed by atoms with Crippen molar-refractivity contribution in [1.29, 1.82) is 0 Å². The van der Waals surface area contributed by atoms with Crippen LogP contribution in [-0.4, -0.2) is 23.2 Å². The number of carboxylic acids is 1. The van der Waals surface area contributed by atoms with Crippen LogP contribution in [0.4, 0.5) is 0 Å². The molecule has 1 atom stereocenters. The molecule has 0 radical (unpaired) electrons. The van der Waals surface area contributed by atoms with Gasteiger partial charge in [-0.3, -0.25) is 4.79 Å². The van der Waals surface area contributed by atoms with E-state index in [2.05, 4.69) is 5.32 Å². The monoisotopic (exact) mass is 115 g/mol. The van der Waals surface area contributed by atoms with Crippen LogP contribution in [0.15, 0.2) is 0 Å². The van der Waals surface area contributed by atoms with Crippen LogP contribution in [0.5, 0.6) is 0 Å². The third-order valence-electron chi connectivity index (χ3n) is 1.61. The Hall–Kier alpha value is -0.570. The van der Waals surface area contributed by atoms with Crippen molar-refractivity contribution in [2.45, 2.75) is 18.9 Å². The van der Waals surface area contributed by atoms with E-state index in [-0.39, 0.29) is 0 Å². The summed E-state index contributed by atoms with van der Waals surface area (Å²) in [6.07, 6.45) is 0.752. The van der Waals surface area contributed by atoms with Crippen LogP contribution in [-0.2, 0) is 4.79 Å². The van der Waals surface area contributed by atoms with Gasteiger partial charge in [0, 0.05) is 0 Å². The summed E-state index contributed by atoms with van der Waals surface area (Å²) < 4.78 is 0. The van der Waals surface area contributed by atoms with Crippen molar-refractivity contribution < 1.29 is 9.90 Å². The van der Waals surface area contributed by atoms with Crippen molar-refractivity contribution >= 4 is 5.97 Å².